The van der Waals surface area contributed by atoms with Crippen molar-refractivity contribution in [3.8, 4) is 29.0 Å². The number of thioether (sulfide) groups is 1. The molecule has 0 spiro atoms. The third-order valence-electron chi connectivity index (χ3n) is 4.03. The number of nitriles is 2. The summed E-state index contributed by atoms with van der Waals surface area (Å²) in [6, 6.07) is 14.0. The second kappa shape index (κ2) is 12.2. The zero-order valence-electron chi connectivity index (χ0n) is 17.5. The highest BCUT2D eigenvalue weighted by Crippen LogP contribution is 2.37. The summed E-state index contributed by atoms with van der Waals surface area (Å²) in [5.41, 5.74) is 8.12. The lowest BCUT2D eigenvalue weighted by molar-refractivity contribution is 0.0819. The van der Waals surface area contributed by atoms with E-state index in [0.29, 0.717) is 21.9 Å². The standard InChI is InChI=1S/C21H15F2N5OS.C2H6/c22-18(23)11-29-15-5-3-14(4-6-15)19-16(8-24)20(26)28-21(17(19)9-25)30-12-13-2-1-7-27-10-13;1-2/h1-7,10,18H,11-12H2,(H2,26,28);1-2H3. The number of pyridine rings is 2. The highest BCUT2D eigenvalue weighted by atomic mass is 32.2. The molecular formula is C23H21F2N5OS. The molecule has 0 unspecified atom stereocenters. The molecule has 1 aromatic carbocycles. The summed E-state index contributed by atoms with van der Waals surface area (Å²) in [6.45, 7) is 3.28. The quantitative estimate of drug-likeness (QED) is 0.475. The monoisotopic (exact) mass is 453 g/mol. The summed E-state index contributed by atoms with van der Waals surface area (Å²) in [4.78, 5) is 8.31. The normalized spacial score (nSPS) is 9.97. The number of anilines is 1. The first-order valence-electron chi connectivity index (χ1n) is 9.70. The third kappa shape index (κ3) is 6.16. The van der Waals surface area contributed by atoms with Gasteiger partial charge >= 0.3 is 0 Å². The molecule has 0 aliphatic carbocycles. The lowest BCUT2D eigenvalue weighted by Gasteiger charge is -2.13. The maximum atomic E-state index is 12.3. The summed E-state index contributed by atoms with van der Waals surface area (Å²) >= 11 is 1.31. The maximum absolute atomic E-state index is 12.3. The van der Waals surface area contributed by atoms with Gasteiger partial charge in [-0.3, -0.25) is 4.98 Å². The van der Waals surface area contributed by atoms with Gasteiger partial charge in [0.25, 0.3) is 6.43 Å². The molecule has 0 amide bonds. The fourth-order valence-electron chi connectivity index (χ4n) is 2.70. The van der Waals surface area contributed by atoms with E-state index in [1.165, 1.54) is 23.9 Å². The minimum atomic E-state index is -2.58. The van der Waals surface area contributed by atoms with E-state index < -0.39 is 13.0 Å². The van der Waals surface area contributed by atoms with E-state index in [4.69, 9.17) is 10.5 Å². The van der Waals surface area contributed by atoms with Crippen LogP contribution < -0.4 is 10.5 Å². The predicted octanol–water partition coefficient (Wildman–Crippen LogP) is 5.43. The molecular weight excluding hydrogens is 432 g/mol. The average molecular weight is 454 g/mol. The Labute approximate surface area is 189 Å². The van der Waals surface area contributed by atoms with Crippen LogP contribution in [-0.2, 0) is 5.75 Å². The molecule has 6 nitrogen and oxygen atoms in total. The van der Waals surface area contributed by atoms with Crippen LogP contribution in [0.15, 0.2) is 53.8 Å². The fraction of sp³-hybridized carbons (Fsp3) is 0.217. The first-order valence-corrected chi connectivity index (χ1v) is 10.7. The Morgan fingerprint density at radius 1 is 1.09 bits per heavy atom. The number of halogens is 2. The first-order chi connectivity index (χ1) is 15.5. The molecule has 0 saturated heterocycles. The molecule has 32 heavy (non-hydrogen) atoms. The molecule has 2 heterocycles. The smallest absolute Gasteiger partial charge is 0.272 e. The topological polar surface area (TPSA) is 109 Å². The molecule has 0 aliphatic rings. The van der Waals surface area contributed by atoms with Crippen LogP contribution in [0.3, 0.4) is 0 Å². The number of alkyl halides is 2. The molecule has 164 valence electrons. The zero-order valence-corrected chi connectivity index (χ0v) is 18.4. The van der Waals surface area contributed by atoms with Gasteiger partial charge in [-0.1, -0.05) is 32.0 Å². The number of ether oxygens (including phenoxy) is 1. The minimum absolute atomic E-state index is 0.0122. The van der Waals surface area contributed by atoms with Crippen molar-refractivity contribution in [2.75, 3.05) is 12.3 Å². The van der Waals surface area contributed by atoms with Crippen LogP contribution >= 0.6 is 11.8 Å². The SMILES string of the molecule is CC.N#Cc1c(N)nc(SCc2cccnc2)c(C#N)c1-c1ccc(OCC(F)F)cc1. The third-order valence-corrected chi connectivity index (χ3v) is 5.08. The first kappa shape index (κ1) is 24.6. The molecule has 0 fully saturated rings. The molecule has 0 bridgehead atoms. The Balaban J connectivity index is 0.00000176. The number of hydrogen-bond acceptors (Lipinski definition) is 7. The largest absolute Gasteiger partial charge is 0.488 e. The van der Waals surface area contributed by atoms with E-state index in [2.05, 4.69) is 16.0 Å². The van der Waals surface area contributed by atoms with Gasteiger partial charge in [0.2, 0.25) is 0 Å². The number of nitrogens with two attached hydrogens (primary N) is 1. The van der Waals surface area contributed by atoms with E-state index in [0.717, 1.165) is 5.56 Å². The number of hydrogen-bond donors (Lipinski definition) is 1. The van der Waals surface area contributed by atoms with E-state index in [-0.39, 0.29) is 22.7 Å². The average Bonchev–Trinajstić information content (AvgIpc) is 2.83. The van der Waals surface area contributed by atoms with Gasteiger partial charge in [0, 0.05) is 23.7 Å². The van der Waals surface area contributed by atoms with Gasteiger partial charge in [-0.05, 0) is 29.3 Å². The van der Waals surface area contributed by atoms with Crippen LogP contribution in [0, 0.1) is 22.7 Å². The Morgan fingerprint density at radius 3 is 2.34 bits per heavy atom. The van der Waals surface area contributed by atoms with Crippen molar-refractivity contribution in [1.82, 2.24) is 9.97 Å². The van der Waals surface area contributed by atoms with Crippen molar-refractivity contribution in [2.24, 2.45) is 0 Å². The van der Waals surface area contributed by atoms with Crippen LogP contribution in [0.5, 0.6) is 5.75 Å². The van der Waals surface area contributed by atoms with Gasteiger partial charge < -0.3 is 10.5 Å². The summed E-state index contributed by atoms with van der Waals surface area (Å²) in [5, 5.41) is 19.8. The lowest BCUT2D eigenvalue weighted by atomic mass is 9.97. The predicted molar refractivity (Wildman–Crippen MR) is 120 cm³/mol. The second-order valence-electron chi connectivity index (χ2n) is 6.03. The number of nitrogens with zero attached hydrogens (tertiary/aromatic N) is 4. The molecule has 2 N–H and O–H groups in total. The molecule has 9 heteroatoms. The lowest BCUT2D eigenvalue weighted by Crippen LogP contribution is -2.07. The van der Waals surface area contributed by atoms with Gasteiger partial charge in [0.1, 0.15) is 40.9 Å². The van der Waals surface area contributed by atoms with Crippen LogP contribution in [-0.4, -0.2) is 23.0 Å². The van der Waals surface area contributed by atoms with Gasteiger partial charge in [-0.2, -0.15) is 10.5 Å². The Bertz CT molecular complexity index is 1110. The van der Waals surface area contributed by atoms with E-state index in [1.807, 2.05) is 32.0 Å². The number of benzene rings is 1. The Morgan fingerprint density at radius 2 is 1.78 bits per heavy atom. The van der Waals surface area contributed by atoms with Crippen LogP contribution in [0.1, 0.15) is 30.5 Å². The van der Waals surface area contributed by atoms with Gasteiger partial charge in [0.15, 0.2) is 0 Å². The van der Waals surface area contributed by atoms with Gasteiger partial charge in [0.05, 0.1) is 5.56 Å². The molecule has 0 atom stereocenters. The van der Waals surface area contributed by atoms with E-state index >= 15 is 0 Å². The molecule has 2 aromatic heterocycles. The molecule has 0 aliphatic heterocycles. The molecule has 0 saturated carbocycles. The van der Waals surface area contributed by atoms with Crippen molar-refractivity contribution >= 4 is 17.6 Å². The second-order valence-corrected chi connectivity index (χ2v) is 6.99. The highest BCUT2D eigenvalue weighted by Gasteiger charge is 2.20. The van der Waals surface area contributed by atoms with Crippen molar-refractivity contribution < 1.29 is 13.5 Å². The fourth-order valence-corrected chi connectivity index (χ4v) is 3.63. The van der Waals surface area contributed by atoms with Crippen molar-refractivity contribution in [3.05, 3.63) is 65.5 Å². The van der Waals surface area contributed by atoms with Crippen LogP contribution in [0.4, 0.5) is 14.6 Å². The number of rotatable bonds is 7. The summed E-state index contributed by atoms with van der Waals surface area (Å²) < 4.78 is 29.6. The van der Waals surface area contributed by atoms with Crippen molar-refractivity contribution in [3.63, 3.8) is 0 Å². The van der Waals surface area contributed by atoms with Crippen molar-refractivity contribution in [2.45, 2.75) is 31.1 Å². The highest BCUT2D eigenvalue weighted by molar-refractivity contribution is 7.98. The number of nitrogen functional groups attached to an aromatic ring is 1. The van der Waals surface area contributed by atoms with Crippen LogP contribution in [0.25, 0.3) is 11.1 Å². The van der Waals surface area contributed by atoms with Gasteiger partial charge in [-0.15, -0.1) is 11.8 Å². The number of aromatic nitrogens is 2. The summed E-state index contributed by atoms with van der Waals surface area (Å²) in [5.74, 6) is 0.781. The maximum Gasteiger partial charge on any atom is 0.272 e. The van der Waals surface area contributed by atoms with E-state index in [9.17, 15) is 19.3 Å². The Kier molecular flexibility index (Phi) is 9.40. The van der Waals surface area contributed by atoms with E-state index in [1.54, 1.807) is 24.5 Å². The summed E-state index contributed by atoms with van der Waals surface area (Å²) in [6.07, 6.45) is 0.796. The van der Waals surface area contributed by atoms with Crippen LogP contribution in [0.2, 0.25) is 0 Å². The van der Waals surface area contributed by atoms with Gasteiger partial charge in [-0.25, -0.2) is 13.8 Å². The van der Waals surface area contributed by atoms with Crippen molar-refractivity contribution in [1.29, 1.82) is 10.5 Å². The summed E-state index contributed by atoms with van der Waals surface area (Å²) in [7, 11) is 0. The zero-order chi connectivity index (χ0) is 23.5. The Hall–Kier alpha value is -3.69. The molecule has 3 aromatic rings. The molecule has 3 rings (SSSR count). The molecule has 0 radical (unpaired) electrons. The minimum Gasteiger partial charge on any atom is -0.488 e.